The number of nitrogens with zero attached hydrogens (tertiary/aromatic N) is 8. The predicted molar refractivity (Wildman–Crippen MR) is 252 cm³/mol. The normalized spacial score (nSPS) is 16.1. The van der Waals surface area contributed by atoms with Crippen molar-refractivity contribution in [2.45, 2.75) is 58.5 Å². The van der Waals surface area contributed by atoms with Crippen LogP contribution in [0.5, 0.6) is 0 Å². The first-order valence-corrected chi connectivity index (χ1v) is 23.1. The molecule has 2 unspecified atom stereocenters. The predicted octanol–water partition coefficient (Wildman–Crippen LogP) is 9.81. The van der Waals surface area contributed by atoms with Gasteiger partial charge in [0.05, 0.1) is 30.2 Å². The topological polar surface area (TPSA) is 153 Å². The molecule has 2 aromatic carbocycles. The minimum atomic E-state index is -1.04. The number of halogens is 2. The number of hydrogen-bond acceptors (Lipinski definition) is 9. The van der Waals surface area contributed by atoms with E-state index in [9.17, 15) is 14.7 Å². The number of esters is 1. The van der Waals surface area contributed by atoms with Gasteiger partial charge in [-0.15, -0.1) is 0 Å². The molecule has 0 aliphatic carbocycles. The molecule has 2 aliphatic heterocycles. The number of carboxylic acid groups (broad SMARTS) is 1. The summed E-state index contributed by atoms with van der Waals surface area (Å²) >= 11 is 7.24. The number of ether oxygens (including phenoxy) is 3. The van der Waals surface area contributed by atoms with E-state index in [1.54, 1.807) is 28.8 Å². The summed E-state index contributed by atoms with van der Waals surface area (Å²) in [5, 5.41) is 19.0. The van der Waals surface area contributed by atoms with Crippen molar-refractivity contribution in [3.63, 3.8) is 0 Å². The number of pyridine rings is 2. The summed E-state index contributed by atoms with van der Waals surface area (Å²) in [5.41, 5.74) is 12.7. The van der Waals surface area contributed by atoms with Crippen LogP contribution in [0.15, 0.2) is 75.9 Å². The number of methoxy groups -OCH3 is 1. The molecule has 16 heteroatoms. The fourth-order valence-corrected chi connectivity index (χ4v) is 10.7. The summed E-state index contributed by atoms with van der Waals surface area (Å²) in [4.78, 5) is 34.5. The maximum absolute atomic E-state index is 12.8. The van der Waals surface area contributed by atoms with Gasteiger partial charge < -0.3 is 28.5 Å². The first-order chi connectivity index (χ1) is 30.9. The largest absolute Gasteiger partial charge is 0.476 e. The van der Waals surface area contributed by atoms with E-state index in [2.05, 4.69) is 120 Å². The van der Waals surface area contributed by atoms with Crippen LogP contribution in [0.2, 0.25) is 0 Å². The van der Waals surface area contributed by atoms with E-state index < -0.39 is 11.9 Å². The average Bonchev–Trinajstić information content (AvgIpc) is 4.03. The van der Waals surface area contributed by atoms with Crippen molar-refractivity contribution in [2.24, 2.45) is 25.9 Å². The van der Waals surface area contributed by atoms with Gasteiger partial charge in [0.25, 0.3) is 0 Å². The zero-order chi connectivity index (χ0) is 45.0. The highest BCUT2D eigenvalue weighted by Crippen LogP contribution is 2.45. The second-order valence-electron chi connectivity index (χ2n) is 16.8. The van der Waals surface area contributed by atoms with Crippen LogP contribution in [0.25, 0.3) is 44.1 Å². The smallest absolute Gasteiger partial charge is 0.360 e. The molecular weight excluding hydrogens is 944 g/mol. The van der Waals surface area contributed by atoms with Gasteiger partial charge in [0.2, 0.25) is 0 Å². The molecule has 6 aromatic heterocycles. The number of fused-ring (bicyclic) bond motifs is 6. The molecule has 64 heavy (non-hydrogen) atoms. The van der Waals surface area contributed by atoms with Crippen molar-refractivity contribution in [1.29, 1.82) is 0 Å². The van der Waals surface area contributed by atoms with Crippen molar-refractivity contribution in [3.8, 4) is 0 Å². The Hall–Kier alpha value is -5.42. The lowest BCUT2D eigenvalue weighted by Gasteiger charge is -2.34. The number of aromatic nitrogens is 8. The van der Waals surface area contributed by atoms with E-state index in [-0.39, 0.29) is 17.8 Å². The Kier molecular flexibility index (Phi) is 12.2. The Morgan fingerprint density at radius 3 is 1.75 bits per heavy atom. The standard InChI is InChI=1S/2C24H25BrN4O3/c1-14-6-4-5-7-17(14)21(15-8-10-32-11-9-15)29-18-12-16(25)13-26-19(18)22-23(29)20(24(30)31-3)27-28(22)2;1-13-6-4-5-7-16(13)21(15-8-10-32-11-9-15)29-20-14(2)17(25)12-26-18(20)22-23(29)19(24(30)31)27-28(22)3/h4-7,12-13,15,21H,8-11H2,1-3H3;4-7,12,15,21H,8-11H2,1-3H3,(H,30,31). The van der Waals surface area contributed by atoms with E-state index in [1.165, 1.54) is 29.4 Å². The van der Waals surface area contributed by atoms with Crippen molar-refractivity contribution in [2.75, 3.05) is 33.5 Å². The molecule has 332 valence electrons. The lowest BCUT2D eigenvalue weighted by atomic mass is 9.84. The Morgan fingerprint density at radius 2 is 1.20 bits per heavy atom. The number of rotatable bonds is 8. The Labute approximate surface area is 386 Å². The van der Waals surface area contributed by atoms with Gasteiger partial charge in [0.1, 0.15) is 33.1 Å². The number of carbonyl (C=O) groups is 2. The molecular formula is C48H50Br2N8O6. The number of carboxylic acids is 1. The second kappa shape index (κ2) is 17.9. The monoisotopic (exact) mass is 992 g/mol. The van der Waals surface area contributed by atoms with Crippen molar-refractivity contribution < 1.29 is 28.9 Å². The van der Waals surface area contributed by atoms with Gasteiger partial charge in [0, 0.05) is 61.9 Å². The number of hydrogen-bond donors (Lipinski definition) is 1. The molecule has 0 spiro atoms. The Morgan fingerprint density at radius 1 is 0.703 bits per heavy atom. The van der Waals surface area contributed by atoms with Crippen LogP contribution in [0.3, 0.4) is 0 Å². The zero-order valence-electron chi connectivity index (χ0n) is 36.6. The molecule has 8 heterocycles. The SMILES string of the molecule is COC(=O)c1nn(C)c2c3ncc(Br)cc3n(C(c3ccccc3C)C3CCOCC3)c12.Cc1ccccc1C(C1CCOCC1)n1c2c(C)c(Br)cnc2c2c1c(C(=O)O)nn2C. The summed E-state index contributed by atoms with van der Waals surface area (Å²) in [5.74, 6) is -0.849. The van der Waals surface area contributed by atoms with Crippen molar-refractivity contribution in [3.05, 3.63) is 115 Å². The fraction of sp³-hybridized carbons (Fsp3) is 0.375. The average molecular weight is 995 g/mol. The molecule has 0 radical (unpaired) electrons. The van der Waals surface area contributed by atoms with Gasteiger partial charge in [-0.05, 0) is 124 Å². The van der Waals surface area contributed by atoms with Crippen LogP contribution >= 0.6 is 31.9 Å². The molecule has 2 aliphatic rings. The summed E-state index contributed by atoms with van der Waals surface area (Å²) in [6.07, 6.45) is 7.26. The second-order valence-corrected chi connectivity index (χ2v) is 18.6. The van der Waals surface area contributed by atoms with E-state index in [0.717, 1.165) is 92.0 Å². The summed E-state index contributed by atoms with van der Waals surface area (Å²) < 4.78 is 26.1. The van der Waals surface area contributed by atoms with Gasteiger partial charge >= 0.3 is 11.9 Å². The van der Waals surface area contributed by atoms with E-state index >= 15 is 0 Å². The molecule has 0 bridgehead atoms. The third-order valence-electron chi connectivity index (χ3n) is 13.1. The Bertz CT molecular complexity index is 3080. The number of carbonyl (C=O) groups excluding carboxylic acids is 1. The lowest BCUT2D eigenvalue weighted by Crippen LogP contribution is -2.28. The van der Waals surface area contributed by atoms with Crippen LogP contribution in [0.4, 0.5) is 0 Å². The lowest BCUT2D eigenvalue weighted by molar-refractivity contribution is 0.0548. The third-order valence-corrected chi connectivity index (χ3v) is 14.4. The molecule has 0 saturated carbocycles. The van der Waals surface area contributed by atoms with Crippen LogP contribution in [0.1, 0.15) is 86.6 Å². The highest BCUT2D eigenvalue weighted by Gasteiger charge is 2.37. The fourth-order valence-electron chi connectivity index (χ4n) is 10.1. The van der Waals surface area contributed by atoms with Gasteiger partial charge in [-0.2, -0.15) is 10.2 Å². The van der Waals surface area contributed by atoms with Gasteiger partial charge in [-0.1, -0.05) is 48.5 Å². The minimum Gasteiger partial charge on any atom is -0.476 e. The quantitative estimate of drug-likeness (QED) is 0.146. The van der Waals surface area contributed by atoms with Crippen LogP contribution in [-0.4, -0.2) is 89.2 Å². The summed E-state index contributed by atoms with van der Waals surface area (Å²) in [6, 6.07) is 18.9. The van der Waals surface area contributed by atoms with E-state index in [1.807, 2.05) is 13.1 Å². The zero-order valence-corrected chi connectivity index (χ0v) is 39.8. The summed E-state index contributed by atoms with van der Waals surface area (Å²) in [7, 11) is 5.02. The summed E-state index contributed by atoms with van der Waals surface area (Å²) in [6.45, 7) is 9.18. The van der Waals surface area contributed by atoms with Crippen molar-refractivity contribution in [1.82, 2.24) is 38.7 Å². The number of aromatic carboxylic acids is 1. The molecule has 1 N–H and O–H groups in total. The van der Waals surface area contributed by atoms with E-state index in [0.29, 0.717) is 36.3 Å². The first kappa shape index (κ1) is 43.8. The maximum Gasteiger partial charge on any atom is 0.360 e. The number of aryl methyl sites for hydroxylation is 5. The van der Waals surface area contributed by atoms with E-state index in [4.69, 9.17) is 24.2 Å². The molecule has 14 nitrogen and oxygen atoms in total. The van der Waals surface area contributed by atoms with Crippen molar-refractivity contribution >= 4 is 87.9 Å². The van der Waals surface area contributed by atoms with Crippen LogP contribution < -0.4 is 0 Å². The van der Waals surface area contributed by atoms with Crippen LogP contribution in [-0.2, 0) is 28.3 Å². The maximum atomic E-state index is 12.8. The molecule has 10 rings (SSSR count). The Balaban J connectivity index is 0.000000162. The molecule has 2 atom stereocenters. The highest BCUT2D eigenvalue weighted by molar-refractivity contribution is 9.10. The number of benzene rings is 2. The highest BCUT2D eigenvalue weighted by atomic mass is 79.9. The van der Waals surface area contributed by atoms with Gasteiger partial charge in [-0.3, -0.25) is 19.3 Å². The minimum absolute atomic E-state index is 0.00352. The molecule has 0 amide bonds. The molecule has 2 fully saturated rings. The molecule has 8 aromatic rings. The van der Waals surface area contributed by atoms with Gasteiger partial charge in [0.15, 0.2) is 11.4 Å². The third kappa shape index (κ3) is 7.51. The van der Waals surface area contributed by atoms with Crippen LogP contribution in [0, 0.1) is 32.6 Å². The first-order valence-electron chi connectivity index (χ1n) is 21.5. The van der Waals surface area contributed by atoms with Gasteiger partial charge in [-0.25, -0.2) is 9.59 Å². The molecule has 2 saturated heterocycles.